The van der Waals surface area contributed by atoms with Crippen molar-refractivity contribution in [2.75, 3.05) is 29.9 Å². The van der Waals surface area contributed by atoms with Gasteiger partial charge in [-0.15, -0.1) is 24.0 Å². The molecule has 32 heavy (non-hydrogen) atoms. The highest BCUT2D eigenvalue weighted by Gasteiger charge is 2.25. The Hall–Kier alpha value is -2.07. The molecule has 1 aromatic carbocycles. The van der Waals surface area contributed by atoms with Crippen molar-refractivity contribution < 1.29 is 4.79 Å². The van der Waals surface area contributed by atoms with Crippen LogP contribution in [0.15, 0.2) is 47.6 Å². The first-order valence-corrected chi connectivity index (χ1v) is 11.3. The Morgan fingerprint density at radius 2 is 2.03 bits per heavy atom. The fraction of sp³-hybridized carbons (Fsp3) is 0.435. The van der Waals surface area contributed by atoms with E-state index in [-0.39, 0.29) is 35.9 Å². The van der Waals surface area contributed by atoms with Gasteiger partial charge in [0.05, 0.1) is 11.6 Å². The number of nitrogens with zero attached hydrogens (tertiary/aromatic N) is 3. The minimum Gasteiger partial charge on any atom is -0.357 e. The number of hydrogen-bond acceptors (Lipinski definition) is 4. The van der Waals surface area contributed by atoms with Gasteiger partial charge in [-0.1, -0.05) is 30.7 Å². The highest BCUT2D eigenvalue weighted by molar-refractivity contribution is 14.0. The van der Waals surface area contributed by atoms with Crippen LogP contribution in [0.4, 0.5) is 11.5 Å². The lowest BCUT2D eigenvalue weighted by molar-refractivity contribution is -0.116. The summed E-state index contributed by atoms with van der Waals surface area (Å²) in [6.07, 6.45) is 4.14. The van der Waals surface area contributed by atoms with Crippen LogP contribution in [0.25, 0.3) is 0 Å². The molecule has 1 atom stereocenters. The third-order valence-electron chi connectivity index (χ3n) is 5.05. The van der Waals surface area contributed by atoms with Crippen LogP contribution in [-0.4, -0.2) is 42.5 Å². The molecule has 0 aliphatic carbocycles. The Balaban J connectivity index is 0.00000363. The van der Waals surface area contributed by atoms with Gasteiger partial charge in [-0.2, -0.15) is 0 Å². The highest BCUT2D eigenvalue weighted by Crippen LogP contribution is 2.25. The van der Waals surface area contributed by atoms with Crippen LogP contribution in [-0.2, 0) is 11.3 Å². The molecule has 1 unspecified atom stereocenters. The second-order valence-corrected chi connectivity index (χ2v) is 7.98. The van der Waals surface area contributed by atoms with Crippen molar-refractivity contribution in [2.45, 2.75) is 45.7 Å². The molecule has 7 nitrogen and oxygen atoms in total. The van der Waals surface area contributed by atoms with E-state index in [0.29, 0.717) is 18.0 Å². The lowest BCUT2D eigenvalue weighted by Gasteiger charge is -2.20. The first kappa shape index (κ1) is 26.2. The molecule has 2 aromatic rings. The van der Waals surface area contributed by atoms with Gasteiger partial charge < -0.3 is 20.9 Å². The summed E-state index contributed by atoms with van der Waals surface area (Å²) in [6, 6.07) is 11.8. The molecule has 1 aliphatic rings. The molecule has 3 N–H and O–H groups in total. The zero-order valence-electron chi connectivity index (χ0n) is 18.6. The van der Waals surface area contributed by atoms with E-state index in [1.54, 1.807) is 6.20 Å². The number of anilines is 2. The summed E-state index contributed by atoms with van der Waals surface area (Å²) < 4.78 is 0. The van der Waals surface area contributed by atoms with E-state index in [2.05, 4.69) is 32.8 Å². The standard InChI is InChI=1S/C23H31ClN6O.HI/c1-3-6-21(31)28-18-10-8-17(9-11-18)15-27-23(25-4-2)29-19-12-14-30(16-19)22-20(24)7-5-13-26-22;/h5,7-11,13,19H,3-4,6,12,14-16H2,1-2H3,(H,28,31)(H2,25,27,29);1H. The number of hydrogen-bond donors (Lipinski definition) is 3. The molecule has 2 heterocycles. The first-order chi connectivity index (χ1) is 15.1. The van der Waals surface area contributed by atoms with Gasteiger partial charge in [-0.3, -0.25) is 4.79 Å². The van der Waals surface area contributed by atoms with Crippen LogP contribution >= 0.6 is 35.6 Å². The number of aromatic nitrogens is 1. The molecule has 0 spiro atoms. The number of guanidine groups is 1. The molecule has 1 fully saturated rings. The van der Waals surface area contributed by atoms with Crippen LogP contribution < -0.4 is 20.9 Å². The lowest BCUT2D eigenvalue weighted by atomic mass is 10.2. The summed E-state index contributed by atoms with van der Waals surface area (Å²) in [6.45, 7) is 7.12. The molecule has 0 radical (unpaired) electrons. The van der Waals surface area contributed by atoms with Gasteiger partial charge in [0.1, 0.15) is 5.82 Å². The number of benzene rings is 1. The van der Waals surface area contributed by atoms with Gasteiger partial charge in [0.2, 0.25) is 5.91 Å². The number of carbonyl (C=O) groups excluding carboxylic acids is 1. The van der Waals surface area contributed by atoms with Crippen LogP contribution in [0.5, 0.6) is 0 Å². The van der Waals surface area contributed by atoms with E-state index in [9.17, 15) is 4.79 Å². The maximum Gasteiger partial charge on any atom is 0.224 e. The fourth-order valence-corrected chi connectivity index (χ4v) is 3.75. The predicted octanol–water partition coefficient (Wildman–Crippen LogP) is 4.43. The van der Waals surface area contributed by atoms with Gasteiger partial charge in [-0.25, -0.2) is 9.98 Å². The Kier molecular flexibility index (Phi) is 11.0. The van der Waals surface area contributed by atoms with Gasteiger partial charge in [-0.05, 0) is 49.6 Å². The maximum absolute atomic E-state index is 11.7. The average Bonchev–Trinajstić information content (AvgIpc) is 3.22. The molecule has 0 saturated carbocycles. The van der Waals surface area contributed by atoms with E-state index in [1.807, 2.05) is 43.3 Å². The van der Waals surface area contributed by atoms with E-state index >= 15 is 0 Å². The molecule has 3 rings (SSSR count). The van der Waals surface area contributed by atoms with E-state index in [1.165, 1.54) is 0 Å². The minimum atomic E-state index is 0. The summed E-state index contributed by atoms with van der Waals surface area (Å²) in [5.41, 5.74) is 1.90. The topological polar surface area (TPSA) is 81.6 Å². The Morgan fingerprint density at radius 3 is 2.72 bits per heavy atom. The number of rotatable bonds is 8. The Labute approximate surface area is 212 Å². The quantitative estimate of drug-likeness (QED) is 0.249. The van der Waals surface area contributed by atoms with Gasteiger partial charge in [0.15, 0.2) is 5.96 Å². The lowest BCUT2D eigenvalue weighted by Crippen LogP contribution is -2.44. The Bertz CT molecular complexity index is 892. The van der Waals surface area contributed by atoms with Crippen LogP contribution in [0.1, 0.15) is 38.7 Å². The molecular weight excluding hydrogens is 539 g/mol. The first-order valence-electron chi connectivity index (χ1n) is 10.9. The van der Waals surface area contributed by atoms with Crippen molar-refractivity contribution in [3.05, 3.63) is 53.2 Å². The molecule has 0 bridgehead atoms. The number of amides is 1. The van der Waals surface area contributed by atoms with Crippen LogP contribution in [0.2, 0.25) is 5.02 Å². The van der Waals surface area contributed by atoms with Crippen LogP contribution in [0, 0.1) is 0 Å². The van der Waals surface area contributed by atoms with Crippen LogP contribution in [0.3, 0.4) is 0 Å². The smallest absolute Gasteiger partial charge is 0.224 e. The molecule has 174 valence electrons. The average molecular weight is 571 g/mol. The molecule has 1 amide bonds. The molecule has 1 aromatic heterocycles. The predicted molar refractivity (Wildman–Crippen MR) is 143 cm³/mol. The summed E-state index contributed by atoms with van der Waals surface area (Å²) in [7, 11) is 0. The van der Waals surface area contributed by atoms with Crippen molar-refractivity contribution in [1.82, 2.24) is 15.6 Å². The SMILES string of the molecule is CCCC(=O)Nc1ccc(CN=C(NCC)NC2CCN(c3ncccc3Cl)C2)cc1.I. The minimum absolute atomic E-state index is 0. The molecular formula is C23H32ClIN6O. The largest absolute Gasteiger partial charge is 0.357 e. The highest BCUT2D eigenvalue weighted by atomic mass is 127. The zero-order chi connectivity index (χ0) is 22.1. The van der Waals surface area contributed by atoms with Crippen molar-refractivity contribution in [3.8, 4) is 0 Å². The number of aliphatic imine (C=N–C) groups is 1. The molecule has 9 heteroatoms. The number of halogens is 2. The second kappa shape index (κ2) is 13.5. The van der Waals surface area contributed by atoms with Gasteiger partial charge >= 0.3 is 0 Å². The van der Waals surface area contributed by atoms with E-state index < -0.39 is 0 Å². The third-order valence-corrected chi connectivity index (χ3v) is 5.34. The van der Waals surface area contributed by atoms with Crippen molar-refractivity contribution in [2.24, 2.45) is 4.99 Å². The van der Waals surface area contributed by atoms with E-state index in [0.717, 1.165) is 55.5 Å². The summed E-state index contributed by atoms with van der Waals surface area (Å²) in [4.78, 5) is 23.1. The van der Waals surface area contributed by atoms with Crippen molar-refractivity contribution in [3.63, 3.8) is 0 Å². The molecule has 1 aliphatic heterocycles. The molecule has 1 saturated heterocycles. The second-order valence-electron chi connectivity index (χ2n) is 7.58. The maximum atomic E-state index is 11.7. The van der Waals surface area contributed by atoms with Gasteiger partial charge in [0.25, 0.3) is 0 Å². The zero-order valence-corrected chi connectivity index (χ0v) is 21.7. The number of carbonyl (C=O) groups is 1. The monoisotopic (exact) mass is 570 g/mol. The fourth-order valence-electron chi connectivity index (χ4n) is 3.51. The van der Waals surface area contributed by atoms with E-state index in [4.69, 9.17) is 16.6 Å². The normalized spacial score (nSPS) is 15.8. The number of pyridine rings is 1. The summed E-state index contributed by atoms with van der Waals surface area (Å²) >= 11 is 6.30. The van der Waals surface area contributed by atoms with Crippen molar-refractivity contribution >= 4 is 58.9 Å². The Morgan fingerprint density at radius 1 is 1.25 bits per heavy atom. The van der Waals surface area contributed by atoms with Crippen molar-refractivity contribution in [1.29, 1.82) is 0 Å². The summed E-state index contributed by atoms with van der Waals surface area (Å²) in [5.74, 6) is 1.67. The third kappa shape index (κ3) is 7.81. The van der Waals surface area contributed by atoms with Gasteiger partial charge in [0, 0.05) is 44.0 Å². The summed E-state index contributed by atoms with van der Waals surface area (Å²) in [5, 5.41) is 10.4. The number of nitrogens with one attached hydrogen (secondary N) is 3.